The van der Waals surface area contributed by atoms with Crippen LogP contribution in [0.15, 0.2) is 121 Å². The highest BCUT2D eigenvalue weighted by molar-refractivity contribution is 6.69. The van der Waals surface area contributed by atoms with Crippen molar-refractivity contribution >= 4 is 99.1 Å². The van der Waals surface area contributed by atoms with Crippen molar-refractivity contribution < 1.29 is 0 Å². The molecule has 0 radical (unpaired) electrons. The number of aryl methyl sites for hydroxylation is 1. The second-order valence-electron chi connectivity index (χ2n) is 13.0. The SMILES string of the molecule is Bc1c(B)c(B)c(-c2c3ccccc3c(-c3ccc(-n4c(C)nc5ccccc54)cc3)c3ccc(-c4ccccc4)cc23)c(B)c1B. The lowest BCUT2D eigenvalue weighted by molar-refractivity contribution is 1.00. The van der Waals surface area contributed by atoms with Crippen LogP contribution in [0.5, 0.6) is 0 Å². The highest BCUT2D eigenvalue weighted by atomic mass is 15.1. The van der Waals surface area contributed by atoms with Crippen molar-refractivity contribution in [3.05, 3.63) is 127 Å². The summed E-state index contributed by atoms with van der Waals surface area (Å²) in [6.45, 7) is 2.08. The molecule has 1 aromatic heterocycles. The second kappa shape index (κ2) is 11.3. The van der Waals surface area contributed by atoms with Crippen LogP contribution in [0.3, 0.4) is 0 Å². The van der Waals surface area contributed by atoms with E-state index >= 15 is 0 Å². The average Bonchev–Trinajstić information content (AvgIpc) is 3.45. The van der Waals surface area contributed by atoms with Gasteiger partial charge in [0.1, 0.15) is 45.1 Å². The van der Waals surface area contributed by atoms with Crippen LogP contribution in [-0.4, -0.2) is 48.8 Å². The third-order valence-corrected chi connectivity index (χ3v) is 10.5. The molecule has 0 spiro atoms. The number of benzene rings is 7. The number of hydrogen-bond donors (Lipinski definition) is 0. The predicted molar refractivity (Wildman–Crippen MR) is 218 cm³/mol. The van der Waals surface area contributed by atoms with Crippen LogP contribution < -0.4 is 27.3 Å². The molecule has 0 N–H and O–H groups in total. The average molecular weight is 596 g/mol. The Bertz CT molecular complexity index is 2490. The van der Waals surface area contributed by atoms with Crippen molar-refractivity contribution in [2.45, 2.75) is 6.92 Å². The van der Waals surface area contributed by atoms with Crippen LogP contribution in [-0.2, 0) is 0 Å². The largest absolute Gasteiger partial charge is 0.297 e. The first kappa shape index (κ1) is 29.3. The number of hydrogen-bond acceptors (Lipinski definition) is 1. The fourth-order valence-corrected chi connectivity index (χ4v) is 7.69. The topological polar surface area (TPSA) is 17.8 Å². The maximum Gasteiger partial charge on any atom is 0.139 e. The van der Waals surface area contributed by atoms with Gasteiger partial charge < -0.3 is 0 Å². The quantitative estimate of drug-likeness (QED) is 0.225. The van der Waals surface area contributed by atoms with E-state index in [0.29, 0.717) is 0 Å². The molecule has 8 aromatic rings. The van der Waals surface area contributed by atoms with E-state index in [-0.39, 0.29) is 0 Å². The molecular weight excluding hydrogens is 563 g/mol. The number of nitrogens with zero attached hydrogens (tertiary/aromatic N) is 2. The molecule has 2 nitrogen and oxygen atoms in total. The summed E-state index contributed by atoms with van der Waals surface area (Å²) >= 11 is 0. The Labute approximate surface area is 280 Å². The summed E-state index contributed by atoms with van der Waals surface area (Å²) in [4.78, 5) is 4.82. The summed E-state index contributed by atoms with van der Waals surface area (Å²) < 4.78 is 2.25. The lowest BCUT2D eigenvalue weighted by atomic mass is 9.59. The monoisotopic (exact) mass is 596 g/mol. The number of fused-ring (bicyclic) bond motifs is 3. The molecule has 0 amide bonds. The number of imidazole rings is 1. The van der Waals surface area contributed by atoms with Crippen molar-refractivity contribution in [1.29, 1.82) is 0 Å². The summed E-state index contributed by atoms with van der Waals surface area (Å²) in [7, 11) is 11.4. The Morgan fingerprint density at radius 2 is 1.00 bits per heavy atom. The predicted octanol–water partition coefficient (Wildman–Crippen LogP) is 1.93. The van der Waals surface area contributed by atoms with Gasteiger partial charge in [-0.05, 0) is 92.2 Å². The van der Waals surface area contributed by atoms with Gasteiger partial charge in [-0.3, -0.25) is 4.57 Å². The van der Waals surface area contributed by atoms with Crippen LogP contribution in [0.4, 0.5) is 0 Å². The molecule has 1 heterocycles. The minimum Gasteiger partial charge on any atom is -0.297 e. The van der Waals surface area contributed by atoms with Crippen LogP contribution in [0, 0.1) is 6.92 Å². The first-order chi connectivity index (χ1) is 22.8. The minimum atomic E-state index is 0.988. The molecule has 8 rings (SSSR count). The van der Waals surface area contributed by atoms with Crippen LogP contribution in [0.1, 0.15) is 5.82 Å². The van der Waals surface area contributed by atoms with E-state index in [4.69, 9.17) is 4.98 Å². The van der Waals surface area contributed by atoms with Crippen molar-refractivity contribution in [2.75, 3.05) is 0 Å². The molecule has 0 aliphatic rings. The normalized spacial score (nSPS) is 11.5. The molecule has 0 aliphatic heterocycles. The highest BCUT2D eigenvalue weighted by Crippen LogP contribution is 2.44. The molecule has 7 aromatic carbocycles. The molecule has 0 aliphatic carbocycles. The van der Waals surface area contributed by atoms with E-state index in [9.17, 15) is 0 Å². The lowest BCUT2D eigenvalue weighted by Gasteiger charge is -2.25. The fraction of sp³-hybridized carbons (Fsp3) is 0.0250. The zero-order chi connectivity index (χ0) is 32.4. The van der Waals surface area contributed by atoms with E-state index in [1.54, 1.807) is 0 Å². The van der Waals surface area contributed by atoms with Crippen molar-refractivity contribution in [2.24, 2.45) is 0 Å². The fourth-order valence-electron chi connectivity index (χ4n) is 7.69. The van der Waals surface area contributed by atoms with Gasteiger partial charge in [0.15, 0.2) is 0 Å². The third kappa shape index (κ3) is 4.60. The van der Waals surface area contributed by atoms with Crippen LogP contribution in [0.25, 0.3) is 71.6 Å². The summed E-state index contributed by atoms with van der Waals surface area (Å²) in [5.41, 5.74) is 17.8. The molecule has 0 unspecified atom stereocenters. The number of rotatable bonds is 4. The van der Waals surface area contributed by atoms with Gasteiger partial charge >= 0.3 is 0 Å². The maximum atomic E-state index is 4.82. The van der Waals surface area contributed by atoms with E-state index in [0.717, 1.165) is 22.5 Å². The summed E-state index contributed by atoms with van der Waals surface area (Å²) in [6, 6.07) is 44.2. The number of para-hydroxylation sites is 2. The molecule has 7 heteroatoms. The zero-order valence-corrected chi connectivity index (χ0v) is 27.9. The van der Waals surface area contributed by atoms with Crippen molar-refractivity contribution in [3.63, 3.8) is 0 Å². The van der Waals surface area contributed by atoms with E-state index in [1.807, 2.05) is 6.07 Å². The van der Waals surface area contributed by atoms with Gasteiger partial charge in [-0.2, -0.15) is 0 Å². The van der Waals surface area contributed by atoms with Gasteiger partial charge in [0.05, 0.1) is 11.0 Å². The Kier molecular flexibility index (Phi) is 7.02. The molecule has 218 valence electrons. The lowest BCUT2D eigenvalue weighted by Crippen LogP contribution is -2.55. The third-order valence-electron chi connectivity index (χ3n) is 10.5. The standard InChI is InChI=1S/C40H33B5N2/c1-22-46-31-13-7-8-14-32(31)47(22)26-18-15-24(16-19-26)33-27-11-5-6-12-28(27)34(35-36(41)38(43)40(45)39(44)37(35)42)30-21-25(17-20-29(30)33)23-9-3-2-4-10-23/h2-21H,41-45H2,1H3. The highest BCUT2D eigenvalue weighted by Gasteiger charge is 2.22. The maximum absolute atomic E-state index is 4.82. The van der Waals surface area contributed by atoms with E-state index in [2.05, 4.69) is 166 Å². The Morgan fingerprint density at radius 1 is 0.447 bits per heavy atom. The van der Waals surface area contributed by atoms with Gasteiger partial charge in [-0.15, -0.1) is 16.4 Å². The Hall–Kier alpha value is -5.15. The van der Waals surface area contributed by atoms with Crippen molar-refractivity contribution in [3.8, 4) is 39.1 Å². The van der Waals surface area contributed by atoms with Gasteiger partial charge in [0.25, 0.3) is 0 Å². The molecule has 0 fully saturated rings. The molecular formula is C40H33B5N2. The molecule has 0 atom stereocenters. The Morgan fingerprint density at radius 3 is 1.70 bits per heavy atom. The van der Waals surface area contributed by atoms with Gasteiger partial charge in [0, 0.05) is 5.69 Å². The van der Waals surface area contributed by atoms with Crippen LogP contribution in [0.2, 0.25) is 0 Å². The summed E-state index contributed by atoms with van der Waals surface area (Å²) in [5.74, 6) is 0.988. The molecule has 0 saturated carbocycles. The molecule has 0 saturated heterocycles. The first-order valence-corrected chi connectivity index (χ1v) is 16.5. The summed E-state index contributed by atoms with van der Waals surface area (Å²) in [5, 5.41) is 5.11. The van der Waals surface area contributed by atoms with Gasteiger partial charge in [-0.25, -0.2) is 4.98 Å². The number of aromatic nitrogens is 2. The second-order valence-corrected chi connectivity index (χ2v) is 13.0. The zero-order valence-electron chi connectivity index (χ0n) is 27.9. The van der Waals surface area contributed by atoms with Crippen molar-refractivity contribution in [1.82, 2.24) is 9.55 Å². The van der Waals surface area contributed by atoms with Gasteiger partial charge in [0.2, 0.25) is 0 Å². The minimum absolute atomic E-state index is 0.988. The van der Waals surface area contributed by atoms with Gasteiger partial charge in [-0.1, -0.05) is 102 Å². The van der Waals surface area contributed by atoms with E-state index in [1.165, 1.54) is 82.2 Å². The first-order valence-electron chi connectivity index (χ1n) is 16.5. The van der Waals surface area contributed by atoms with E-state index < -0.39 is 0 Å². The Balaban J connectivity index is 1.45. The molecule has 0 bridgehead atoms. The molecule has 47 heavy (non-hydrogen) atoms. The smallest absolute Gasteiger partial charge is 0.139 e. The van der Waals surface area contributed by atoms with Crippen LogP contribution >= 0.6 is 0 Å². The summed E-state index contributed by atoms with van der Waals surface area (Å²) in [6.07, 6.45) is 0.